The number of nitrogens with one attached hydrogen (secondary N) is 3. The first-order valence-electron chi connectivity index (χ1n) is 21.4. The summed E-state index contributed by atoms with van der Waals surface area (Å²) >= 11 is 59.3. The molecule has 0 aliphatic carbocycles. The van der Waals surface area contributed by atoms with Gasteiger partial charge in [-0.3, -0.25) is 18.9 Å². The fraction of sp³-hybridized carbons (Fsp3) is 0.524. The zero-order valence-corrected chi connectivity index (χ0v) is 56.2. The molecule has 0 atom stereocenters. The van der Waals surface area contributed by atoms with Crippen LogP contribution in [0.3, 0.4) is 0 Å². The normalized spacial score (nSPS) is 10.9. The average molecular weight is 1480 g/mol. The Morgan fingerprint density at radius 3 is 1.47 bits per heavy atom. The Labute approximate surface area is 504 Å². The lowest BCUT2D eigenvalue weighted by Gasteiger charge is -2.12. The molecule has 0 aliphatic heterocycles. The molecule has 5 N–H and O–H groups in total. The van der Waals surface area contributed by atoms with Gasteiger partial charge in [-0.2, -0.15) is 0 Å². The zero-order chi connectivity index (χ0) is 56.7. The summed E-state index contributed by atoms with van der Waals surface area (Å²) in [7, 11) is 0. The number of hydrogen-bond acceptors (Lipinski definition) is 12. The molecule has 0 bridgehead atoms. The fourth-order valence-electron chi connectivity index (χ4n) is 5.46. The van der Waals surface area contributed by atoms with E-state index in [-0.39, 0.29) is 57.2 Å². The molecule has 6 rings (SSSR count). The second-order valence-electron chi connectivity index (χ2n) is 16.7. The highest BCUT2D eigenvalue weighted by Gasteiger charge is 2.18. The molecule has 17 nitrogen and oxygen atoms in total. The summed E-state index contributed by atoms with van der Waals surface area (Å²) in [5.41, 5.74) is 4.13. The number of rotatable bonds is 10. The monoisotopic (exact) mass is 1470 g/mol. The van der Waals surface area contributed by atoms with Crippen LogP contribution in [0.15, 0.2) is 39.4 Å². The lowest BCUT2D eigenvalue weighted by Crippen LogP contribution is -2.12. The molecule has 0 saturated heterocycles. The molecule has 6 aromatic rings. The minimum atomic E-state index is -0.193. The van der Waals surface area contributed by atoms with Gasteiger partial charge in [0.05, 0.1) is 66.0 Å². The van der Waals surface area contributed by atoms with Gasteiger partial charge in [0.2, 0.25) is 15.9 Å². The number of nitrogens with zero attached hydrogens (tertiary/aromatic N) is 9. The van der Waals surface area contributed by atoms with Gasteiger partial charge in [-0.15, -0.1) is 0 Å². The van der Waals surface area contributed by atoms with Gasteiger partial charge < -0.3 is 38.4 Å². The highest BCUT2D eigenvalue weighted by atomic mass is 80.0. The minimum Gasteiger partial charge on any atom is -0.390 e. The van der Waals surface area contributed by atoms with Crippen molar-refractivity contribution in [3.05, 3.63) is 116 Å². The van der Waals surface area contributed by atoms with E-state index in [4.69, 9.17) is 91.7 Å². The third-order valence-electron chi connectivity index (χ3n) is 8.36. The molecular weight excluding hydrogens is 1420 g/mol. The standard InChI is InChI=1S/C12H14Cl2N4OS.C7H9BrCl2N2.C7H10Cl2N2O.C7H12N2O.C5H6N2OS.C4H9ClO.Br3P/c1-6(2)18-8(10(13)17-11(18)14)5-20-12-15-7(3)4-9(19)16-12;1-4(2)12-5(3-8)6(9)11-7(12)10;1-4(2)11-5(3-12)6(8)10-7(11)9;1-6(2)9-5-8-3-7(9)4-10;1-3-2-4(8)7-5(9)6-3;1-4(2,3)6-5;1-4(2)3/h4,6H,5H2,1-3H3,(H,15,16,19);4H,3H2,1-2H3;4,12H,3H2,1-2H3;3,5-6,10H,4H2,1-2H3;2H,1H3,(H2,6,7,8,9);1-3H3;. The topological polar surface area (TPSA) is 215 Å². The molecule has 6 heterocycles. The van der Waals surface area contributed by atoms with Crippen LogP contribution in [0.5, 0.6) is 0 Å². The molecule has 0 amide bonds. The average Bonchev–Trinajstić information content (AvgIpc) is 4.01. The van der Waals surface area contributed by atoms with E-state index in [0.717, 1.165) is 22.8 Å². The predicted molar refractivity (Wildman–Crippen MR) is 322 cm³/mol. The highest BCUT2D eigenvalue weighted by Crippen LogP contribution is 2.59. The third kappa shape index (κ3) is 27.7. The number of aliphatic hydroxyl groups is 2. The SMILES string of the molecule is BrP(Br)Br.CC(C)(C)OCl.CC(C)n1c(Cl)nc(Cl)c1CBr.CC(C)n1c(Cl)nc(Cl)c1CO.CC(C)n1cncc1CO.Cc1cc(=O)[nH]c(=S)[nH]1.Cc1cc(=O)[nH]c(SCc2c(Cl)nc(Cl)n2C(C)C)n1. The first-order chi connectivity index (χ1) is 33.8. The van der Waals surface area contributed by atoms with Crippen molar-refractivity contribution >= 4 is 172 Å². The number of halogens is 11. The molecule has 31 heteroatoms. The fourth-order valence-corrected chi connectivity index (χ4v) is 9.41. The van der Waals surface area contributed by atoms with Gasteiger partial charge in [-0.05, 0) is 183 Å². The number of aliphatic hydroxyl groups excluding tert-OH is 2. The number of aromatic nitrogens is 12. The van der Waals surface area contributed by atoms with Crippen LogP contribution >= 0.6 is 172 Å². The Balaban J connectivity index is 0.000000869. The maximum Gasteiger partial charge on any atom is 0.251 e. The molecule has 0 unspecified atom stereocenters. The summed E-state index contributed by atoms with van der Waals surface area (Å²) in [6.45, 7) is 25.2. The van der Waals surface area contributed by atoms with E-state index in [1.54, 1.807) is 30.9 Å². The lowest BCUT2D eigenvalue weighted by molar-refractivity contribution is 0.148. The Morgan fingerprint density at radius 1 is 0.712 bits per heavy atom. The van der Waals surface area contributed by atoms with Crippen molar-refractivity contribution in [1.82, 2.24) is 58.1 Å². The van der Waals surface area contributed by atoms with Gasteiger partial charge in [0.1, 0.15) is 4.03 Å². The first kappa shape index (κ1) is 72.4. The van der Waals surface area contributed by atoms with Gasteiger partial charge in [-0.25, -0.2) is 24.9 Å². The largest absolute Gasteiger partial charge is 0.390 e. The summed E-state index contributed by atoms with van der Waals surface area (Å²) in [5.74, 6) is 0.531. The van der Waals surface area contributed by atoms with Crippen molar-refractivity contribution < 1.29 is 14.5 Å². The number of aryl methyl sites for hydroxylation is 2. The maximum atomic E-state index is 11.4. The maximum absolute atomic E-state index is 11.4. The summed E-state index contributed by atoms with van der Waals surface area (Å²) in [4.78, 5) is 49.9. The van der Waals surface area contributed by atoms with Gasteiger partial charge in [0.15, 0.2) is 25.4 Å². The Morgan fingerprint density at radius 2 is 1.14 bits per heavy atom. The van der Waals surface area contributed by atoms with Crippen molar-refractivity contribution in [2.24, 2.45) is 0 Å². The summed E-state index contributed by atoms with van der Waals surface area (Å²) in [6, 6.07) is 3.87. The van der Waals surface area contributed by atoms with Gasteiger partial charge in [0, 0.05) is 58.8 Å². The molecule has 0 saturated carbocycles. The summed E-state index contributed by atoms with van der Waals surface area (Å²) in [5, 5.41) is 21.2. The molecule has 0 aromatic carbocycles. The molecule has 0 spiro atoms. The van der Waals surface area contributed by atoms with Crippen LogP contribution in [-0.2, 0) is 28.6 Å². The van der Waals surface area contributed by atoms with Crippen molar-refractivity contribution in [3.63, 3.8) is 0 Å². The van der Waals surface area contributed by atoms with Crippen LogP contribution in [-0.4, -0.2) is 74.0 Å². The number of aromatic amines is 3. The van der Waals surface area contributed by atoms with Crippen molar-refractivity contribution in [1.29, 1.82) is 0 Å². The van der Waals surface area contributed by atoms with Crippen molar-refractivity contribution in [2.75, 3.05) is 0 Å². The molecule has 0 fully saturated rings. The third-order valence-corrected chi connectivity index (χ3v) is 12.2. The first-order valence-corrected chi connectivity index (χ1v) is 33.9. The van der Waals surface area contributed by atoms with E-state index < -0.39 is 0 Å². The highest BCUT2D eigenvalue weighted by molar-refractivity contribution is 9.93. The summed E-state index contributed by atoms with van der Waals surface area (Å²) < 4.78 is 12.0. The quantitative estimate of drug-likeness (QED) is 0.0285. The lowest BCUT2D eigenvalue weighted by atomic mass is 10.2. The van der Waals surface area contributed by atoms with Crippen molar-refractivity contribution in [2.45, 2.75) is 149 Å². The van der Waals surface area contributed by atoms with Crippen LogP contribution in [0.2, 0.25) is 31.3 Å². The second-order valence-corrected chi connectivity index (χ2v) is 36.2. The van der Waals surface area contributed by atoms with E-state index in [2.05, 4.69) is 133 Å². The van der Waals surface area contributed by atoms with E-state index in [9.17, 15) is 9.59 Å². The van der Waals surface area contributed by atoms with Crippen LogP contribution < -0.4 is 11.1 Å². The van der Waals surface area contributed by atoms with Crippen LogP contribution in [0.4, 0.5) is 0 Å². The Hall–Kier alpha value is -0.570. The second kappa shape index (κ2) is 36.6. The van der Waals surface area contributed by atoms with E-state index >= 15 is 0 Å². The molecule has 73 heavy (non-hydrogen) atoms. The molecular formula is C42H60Br4Cl7N12O5PS2. The number of hydrogen-bond donors (Lipinski definition) is 5. The van der Waals surface area contributed by atoms with E-state index in [1.165, 1.54) is 23.9 Å². The van der Waals surface area contributed by atoms with Gasteiger partial charge >= 0.3 is 0 Å². The number of thioether (sulfide) groups is 1. The Kier molecular flexibility index (Phi) is 36.3. The number of imidazole rings is 4. The molecule has 6 aromatic heterocycles. The molecule has 412 valence electrons. The molecule has 0 radical (unpaired) electrons. The van der Waals surface area contributed by atoms with Crippen LogP contribution in [0, 0.1) is 18.6 Å². The van der Waals surface area contributed by atoms with Crippen LogP contribution in [0.25, 0.3) is 0 Å². The van der Waals surface area contributed by atoms with Gasteiger partial charge in [0.25, 0.3) is 11.1 Å². The van der Waals surface area contributed by atoms with Crippen molar-refractivity contribution in [3.8, 4) is 0 Å². The predicted octanol–water partition coefficient (Wildman–Crippen LogP) is 16.4. The van der Waals surface area contributed by atoms with E-state index in [0.29, 0.717) is 64.6 Å². The summed E-state index contributed by atoms with van der Waals surface area (Å²) in [6.07, 6.45) is 3.41. The zero-order valence-electron chi connectivity index (χ0n) is 42.0. The smallest absolute Gasteiger partial charge is 0.251 e. The molecule has 0 aliphatic rings. The van der Waals surface area contributed by atoms with Crippen LogP contribution in [0.1, 0.15) is 134 Å². The minimum absolute atomic E-state index is 0.0676. The Bertz CT molecular complexity index is 2660. The van der Waals surface area contributed by atoms with E-state index in [1.807, 2.05) is 76.0 Å². The number of H-pyrrole nitrogens is 3. The number of alkyl halides is 1. The van der Waals surface area contributed by atoms with Gasteiger partial charge in [-0.1, -0.05) is 62.5 Å².